The number of rotatable bonds is 3. The largest absolute Gasteiger partial charge is 0.386 e. The summed E-state index contributed by atoms with van der Waals surface area (Å²) in [5, 5.41) is 13.7. The van der Waals surface area contributed by atoms with Crippen molar-refractivity contribution in [1.29, 1.82) is 0 Å². The van der Waals surface area contributed by atoms with Gasteiger partial charge < -0.3 is 10.0 Å². The number of carbonyl (C=O) groups is 1. The molecule has 2 rings (SSSR count). The molecule has 4 heteroatoms. The van der Waals surface area contributed by atoms with E-state index in [1.807, 2.05) is 23.8 Å². The number of aliphatic hydroxyl groups is 1. The summed E-state index contributed by atoms with van der Waals surface area (Å²) in [5.41, 5.74) is 0.110. The summed E-state index contributed by atoms with van der Waals surface area (Å²) in [7, 11) is 0. The molecule has 0 radical (unpaired) electrons. The Labute approximate surface area is 93.3 Å². The first-order valence-electron chi connectivity index (χ1n) is 5.18. The molecule has 0 aliphatic carbocycles. The van der Waals surface area contributed by atoms with E-state index < -0.39 is 5.60 Å². The Balaban J connectivity index is 1.92. The maximum absolute atomic E-state index is 11.8. The molecule has 0 unspecified atom stereocenters. The molecule has 1 amide bonds. The zero-order valence-electron chi connectivity index (χ0n) is 8.77. The third-order valence-electron chi connectivity index (χ3n) is 2.74. The predicted octanol–water partition coefficient (Wildman–Crippen LogP) is 1.74. The molecule has 1 aliphatic heterocycles. The van der Waals surface area contributed by atoms with Gasteiger partial charge in [0.1, 0.15) is 0 Å². The third-order valence-corrected chi connectivity index (χ3v) is 3.42. The molecule has 3 nitrogen and oxygen atoms in total. The number of amides is 1. The summed E-state index contributed by atoms with van der Waals surface area (Å²) >= 11 is 1.52. The van der Waals surface area contributed by atoms with Crippen LogP contribution in [-0.2, 0) is 0 Å². The summed E-state index contributed by atoms with van der Waals surface area (Å²) < 4.78 is 0. The minimum atomic E-state index is -0.625. The van der Waals surface area contributed by atoms with Gasteiger partial charge in [0.15, 0.2) is 0 Å². The lowest BCUT2D eigenvalue weighted by Gasteiger charge is -2.46. The second kappa shape index (κ2) is 3.94. The van der Waals surface area contributed by atoms with Crippen LogP contribution in [0.3, 0.4) is 0 Å². The third kappa shape index (κ3) is 2.06. The molecular weight excluding hydrogens is 210 g/mol. The van der Waals surface area contributed by atoms with E-state index in [1.165, 1.54) is 11.3 Å². The maximum atomic E-state index is 11.8. The van der Waals surface area contributed by atoms with Gasteiger partial charge in [-0.25, -0.2) is 0 Å². The van der Waals surface area contributed by atoms with Crippen molar-refractivity contribution in [3.05, 3.63) is 22.4 Å². The molecule has 1 fully saturated rings. The Morgan fingerprint density at radius 1 is 1.67 bits per heavy atom. The highest BCUT2D eigenvalue weighted by Crippen LogP contribution is 2.27. The predicted molar refractivity (Wildman–Crippen MR) is 60.1 cm³/mol. The summed E-state index contributed by atoms with van der Waals surface area (Å²) in [6, 6.07) is 1.82. The fourth-order valence-corrected chi connectivity index (χ4v) is 2.63. The van der Waals surface area contributed by atoms with Crippen molar-refractivity contribution in [3.63, 3.8) is 0 Å². The minimum Gasteiger partial charge on any atom is -0.386 e. The van der Waals surface area contributed by atoms with Gasteiger partial charge in [-0.05, 0) is 17.9 Å². The lowest BCUT2D eigenvalue weighted by molar-refractivity contribution is -0.0859. The van der Waals surface area contributed by atoms with E-state index in [1.54, 1.807) is 4.90 Å². The number of thiophene rings is 1. The standard InChI is InChI=1S/C11H15NO2S/c1-2-4-11(14)7-12(8-11)10(13)9-3-5-15-6-9/h3,5-6,14H,2,4,7-8H2,1H3. The van der Waals surface area contributed by atoms with Gasteiger partial charge in [-0.2, -0.15) is 11.3 Å². The van der Waals surface area contributed by atoms with Gasteiger partial charge in [-0.3, -0.25) is 4.79 Å². The number of nitrogens with zero attached hydrogens (tertiary/aromatic N) is 1. The molecule has 0 atom stereocenters. The second-order valence-corrected chi connectivity index (χ2v) is 4.93. The molecule has 0 bridgehead atoms. The highest BCUT2D eigenvalue weighted by atomic mass is 32.1. The van der Waals surface area contributed by atoms with Crippen LogP contribution in [0.4, 0.5) is 0 Å². The Morgan fingerprint density at radius 2 is 2.40 bits per heavy atom. The number of hydrogen-bond donors (Lipinski definition) is 1. The average molecular weight is 225 g/mol. The van der Waals surface area contributed by atoms with Gasteiger partial charge in [0.25, 0.3) is 5.91 Å². The lowest BCUT2D eigenvalue weighted by atomic mass is 9.89. The van der Waals surface area contributed by atoms with Crippen molar-refractivity contribution in [2.24, 2.45) is 0 Å². The van der Waals surface area contributed by atoms with Crippen LogP contribution in [0, 0.1) is 0 Å². The van der Waals surface area contributed by atoms with Crippen molar-refractivity contribution in [2.75, 3.05) is 13.1 Å². The topological polar surface area (TPSA) is 40.5 Å². The molecule has 0 spiro atoms. The molecule has 1 aromatic rings. The van der Waals surface area contributed by atoms with Gasteiger partial charge >= 0.3 is 0 Å². The highest BCUT2D eigenvalue weighted by Gasteiger charge is 2.42. The smallest absolute Gasteiger partial charge is 0.254 e. The average Bonchev–Trinajstić information content (AvgIpc) is 2.66. The second-order valence-electron chi connectivity index (χ2n) is 4.15. The van der Waals surface area contributed by atoms with Gasteiger partial charge in [0.2, 0.25) is 0 Å². The number of hydrogen-bond acceptors (Lipinski definition) is 3. The molecule has 15 heavy (non-hydrogen) atoms. The summed E-state index contributed by atoms with van der Waals surface area (Å²) in [4.78, 5) is 13.5. The molecule has 1 N–H and O–H groups in total. The van der Waals surface area contributed by atoms with Gasteiger partial charge in [0, 0.05) is 5.38 Å². The first kappa shape index (κ1) is 10.6. The Kier molecular flexibility index (Phi) is 2.80. The summed E-state index contributed by atoms with van der Waals surface area (Å²) in [6.07, 6.45) is 1.73. The molecule has 1 aromatic heterocycles. The molecule has 1 saturated heterocycles. The lowest BCUT2D eigenvalue weighted by Crippen LogP contribution is -2.63. The van der Waals surface area contributed by atoms with Crippen molar-refractivity contribution < 1.29 is 9.90 Å². The summed E-state index contributed by atoms with van der Waals surface area (Å²) in [5.74, 6) is 0.0389. The van der Waals surface area contributed by atoms with Crippen molar-refractivity contribution >= 4 is 17.2 Å². The van der Waals surface area contributed by atoms with Crippen molar-refractivity contribution in [3.8, 4) is 0 Å². The van der Waals surface area contributed by atoms with Crippen molar-refractivity contribution in [2.45, 2.75) is 25.4 Å². The van der Waals surface area contributed by atoms with E-state index in [0.29, 0.717) is 13.1 Å². The van der Waals surface area contributed by atoms with Gasteiger partial charge in [-0.1, -0.05) is 13.3 Å². The van der Waals surface area contributed by atoms with E-state index in [4.69, 9.17) is 0 Å². The molecule has 82 valence electrons. The van der Waals surface area contributed by atoms with Crippen LogP contribution < -0.4 is 0 Å². The van der Waals surface area contributed by atoms with E-state index in [0.717, 1.165) is 18.4 Å². The molecular formula is C11H15NO2S. The quantitative estimate of drug-likeness (QED) is 0.851. The SMILES string of the molecule is CCCC1(O)CN(C(=O)c2ccsc2)C1. The molecule has 2 heterocycles. The van der Waals surface area contributed by atoms with Gasteiger partial charge in [0.05, 0.1) is 24.3 Å². The van der Waals surface area contributed by atoms with Crippen LogP contribution in [0.5, 0.6) is 0 Å². The maximum Gasteiger partial charge on any atom is 0.254 e. The summed E-state index contributed by atoms with van der Waals surface area (Å²) in [6.45, 7) is 3.01. The minimum absolute atomic E-state index is 0.0389. The van der Waals surface area contributed by atoms with Gasteiger partial charge in [-0.15, -0.1) is 0 Å². The number of carbonyl (C=O) groups excluding carboxylic acids is 1. The Hall–Kier alpha value is -0.870. The number of β-amino-alcohol motifs (C(OH)–C–C–N with tert-alkyl or cyclic N) is 1. The fraction of sp³-hybridized carbons (Fsp3) is 0.545. The first-order chi connectivity index (χ1) is 7.14. The Morgan fingerprint density at radius 3 is 2.93 bits per heavy atom. The highest BCUT2D eigenvalue weighted by molar-refractivity contribution is 7.08. The normalized spacial score (nSPS) is 18.7. The van der Waals surface area contributed by atoms with E-state index in [-0.39, 0.29) is 5.91 Å². The zero-order valence-corrected chi connectivity index (χ0v) is 9.59. The van der Waals surface area contributed by atoms with Crippen LogP contribution in [-0.4, -0.2) is 34.6 Å². The van der Waals surface area contributed by atoms with Crippen molar-refractivity contribution in [1.82, 2.24) is 4.90 Å². The molecule has 1 aliphatic rings. The zero-order chi connectivity index (χ0) is 10.9. The van der Waals surface area contributed by atoms with Crippen LogP contribution in [0.15, 0.2) is 16.8 Å². The monoisotopic (exact) mass is 225 g/mol. The van der Waals surface area contributed by atoms with E-state index in [2.05, 4.69) is 0 Å². The van der Waals surface area contributed by atoms with E-state index in [9.17, 15) is 9.90 Å². The molecule has 0 aromatic carbocycles. The first-order valence-corrected chi connectivity index (χ1v) is 6.13. The van der Waals surface area contributed by atoms with Crippen LogP contribution in [0.2, 0.25) is 0 Å². The fourth-order valence-electron chi connectivity index (χ4n) is 2.00. The van der Waals surface area contributed by atoms with Crippen LogP contribution in [0.1, 0.15) is 30.1 Å². The van der Waals surface area contributed by atoms with E-state index >= 15 is 0 Å². The number of likely N-dealkylation sites (tertiary alicyclic amines) is 1. The van der Waals surface area contributed by atoms with Crippen LogP contribution in [0.25, 0.3) is 0 Å². The van der Waals surface area contributed by atoms with Crippen LogP contribution >= 0.6 is 11.3 Å². The Bertz CT molecular complexity index is 341. The molecule has 0 saturated carbocycles.